The third-order valence-electron chi connectivity index (χ3n) is 4.03. The molecular weight excluding hydrogens is 304 g/mol. The molecular formula is C15H24N2O4S. The quantitative estimate of drug-likeness (QED) is 0.778. The summed E-state index contributed by atoms with van der Waals surface area (Å²) in [5, 5.41) is 0. The summed E-state index contributed by atoms with van der Waals surface area (Å²) in [6, 6.07) is 7.82. The van der Waals surface area contributed by atoms with Crippen LogP contribution in [0, 0.1) is 0 Å². The fourth-order valence-corrected chi connectivity index (χ4v) is 3.99. The van der Waals surface area contributed by atoms with E-state index >= 15 is 0 Å². The van der Waals surface area contributed by atoms with Crippen LogP contribution < -0.4 is 4.74 Å². The molecule has 1 aliphatic heterocycles. The molecule has 1 saturated heterocycles. The van der Waals surface area contributed by atoms with Crippen LogP contribution in [0.3, 0.4) is 0 Å². The smallest absolute Gasteiger partial charge is 0.216 e. The van der Waals surface area contributed by atoms with E-state index in [1.165, 1.54) is 7.11 Å². The Hall–Kier alpha value is -1.15. The fraction of sp³-hybridized carbons (Fsp3) is 0.600. The number of hydrogen-bond acceptors (Lipinski definition) is 5. The van der Waals surface area contributed by atoms with E-state index in [2.05, 4.69) is 4.90 Å². The molecule has 0 aliphatic carbocycles. The van der Waals surface area contributed by atoms with Gasteiger partial charge in [-0.3, -0.25) is 4.90 Å². The van der Waals surface area contributed by atoms with Gasteiger partial charge in [0.1, 0.15) is 5.75 Å². The lowest BCUT2D eigenvalue weighted by Crippen LogP contribution is -2.49. The summed E-state index contributed by atoms with van der Waals surface area (Å²) in [5.74, 6) is 0.808. The van der Waals surface area contributed by atoms with Gasteiger partial charge < -0.3 is 9.47 Å². The first kappa shape index (κ1) is 17.2. The van der Waals surface area contributed by atoms with Crippen molar-refractivity contribution in [3.8, 4) is 5.75 Å². The van der Waals surface area contributed by atoms with Gasteiger partial charge in [0.05, 0.1) is 19.5 Å². The lowest BCUT2D eigenvalue weighted by molar-refractivity contribution is 0.146. The van der Waals surface area contributed by atoms with Crippen molar-refractivity contribution in [2.45, 2.75) is 6.04 Å². The molecule has 0 aromatic heterocycles. The minimum absolute atomic E-state index is 0.0258. The summed E-state index contributed by atoms with van der Waals surface area (Å²) in [6.07, 6.45) is 0. The average molecular weight is 328 g/mol. The van der Waals surface area contributed by atoms with Gasteiger partial charge in [-0.25, -0.2) is 8.42 Å². The van der Waals surface area contributed by atoms with E-state index < -0.39 is 10.0 Å². The third-order valence-corrected chi connectivity index (χ3v) is 5.83. The number of ether oxygens (including phenoxy) is 2. The number of sulfonamides is 1. The van der Waals surface area contributed by atoms with Crippen molar-refractivity contribution < 1.29 is 17.9 Å². The van der Waals surface area contributed by atoms with Gasteiger partial charge in [-0.15, -0.1) is 0 Å². The summed E-state index contributed by atoms with van der Waals surface area (Å²) < 4.78 is 36.4. The second-order valence-corrected chi connectivity index (χ2v) is 7.53. The molecule has 1 heterocycles. The maximum Gasteiger partial charge on any atom is 0.216 e. The van der Waals surface area contributed by atoms with E-state index in [1.807, 2.05) is 31.3 Å². The van der Waals surface area contributed by atoms with Gasteiger partial charge in [-0.1, -0.05) is 12.1 Å². The lowest BCUT2D eigenvalue weighted by atomic mass is 10.0. The summed E-state index contributed by atoms with van der Waals surface area (Å²) >= 11 is 0. The minimum Gasteiger partial charge on any atom is -0.497 e. The summed E-state index contributed by atoms with van der Waals surface area (Å²) in [7, 11) is 1.88. The van der Waals surface area contributed by atoms with Crippen LogP contribution in [0.1, 0.15) is 11.6 Å². The maximum absolute atomic E-state index is 12.4. The average Bonchev–Trinajstić information content (AvgIpc) is 2.53. The molecule has 124 valence electrons. The van der Waals surface area contributed by atoms with Crippen LogP contribution in [-0.2, 0) is 14.8 Å². The van der Waals surface area contributed by atoms with E-state index in [0.717, 1.165) is 11.3 Å². The number of nitrogens with zero attached hydrogens (tertiary/aromatic N) is 2. The predicted molar refractivity (Wildman–Crippen MR) is 85.6 cm³/mol. The molecule has 0 N–H and O–H groups in total. The highest BCUT2D eigenvalue weighted by molar-refractivity contribution is 7.89. The summed E-state index contributed by atoms with van der Waals surface area (Å²) in [5.41, 5.74) is 1.06. The van der Waals surface area contributed by atoms with Crippen LogP contribution in [0.2, 0.25) is 0 Å². The molecule has 1 aromatic carbocycles. The van der Waals surface area contributed by atoms with Crippen LogP contribution >= 0.6 is 0 Å². The fourth-order valence-electron chi connectivity index (χ4n) is 2.63. The van der Waals surface area contributed by atoms with Gasteiger partial charge in [-0.2, -0.15) is 4.31 Å². The molecule has 6 nitrogen and oxygen atoms in total. The van der Waals surface area contributed by atoms with E-state index in [4.69, 9.17) is 9.47 Å². The summed E-state index contributed by atoms with van der Waals surface area (Å²) in [4.78, 5) is 2.18. The van der Waals surface area contributed by atoms with Crippen molar-refractivity contribution in [2.24, 2.45) is 0 Å². The number of rotatable bonds is 6. The van der Waals surface area contributed by atoms with E-state index in [0.29, 0.717) is 19.6 Å². The normalized spacial score (nSPS) is 21.0. The Morgan fingerprint density at radius 2 is 2.05 bits per heavy atom. The highest BCUT2D eigenvalue weighted by Crippen LogP contribution is 2.27. The van der Waals surface area contributed by atoms with Crippen LogP contribution in [0.25, 0.3) is 0 Å². The molecule has 2 rings (SSSR count). The van der Waals surface area contributed by atoms with Crippen molar-refractivity contribution in [3.63, 3.8) is 0 Å². The summed E-state index contributed by atoms with van der Waals surface area (Å²) in [6.45, 7) is 1.89. The molecule has 1 unspecified atom stereocenters. The molecule has 22 heavy (non-hydrogen) atoms. The molecule has 7 heteroatoms. The largest absolute Gasteiger partial charge is 0.497 e. The highest BCUT2D eigenvalue weighted by atomic mass is 32.2. The van der Waals surface area contributed by atoms with Crippen molar-refractivity contribution in [1.29, 1.82) is 0 Å². The van der Waals surface area contributed by atoms with Gasteiger partial charge in [0.25, 0.3) is 0 Å². The van der Waals surface area contributed by atoms with Gasteiger partial charge in [-0.05, 0) is 24.7 Å². The first-order valence-electron chi connectivity index (χ1n) is 7.29. The Bertz CT molecular complexity index is 591. The molecule has 0 spiro atoms. The van der Waals surface area contributed by atoms with Crippen molar-refractivity contribution in [2.75, 3.05) is 53.3 Å². The standard InChI is InChI=1S/C15H24N2O4S/c1-16-7-8-17(22(18,19)10-9-20-2)12-15(16)13-5-4-6-14(11-13)21-3/h4-6,11,15H,7-10,12H2,1-3H3. The lowest BCUT2D eigenvalue weighted by Gasteiger charge is -2.39. The Morgan fingerprint density at radius 3 is 2.73 bits per heavy atom. The third kappa shape index (κ3) is 3.98. The Kier molecular flexibility index (Phi) is 5.80. The van der Waals surface area contributed by atoms with Gasteiger partial charge in [0.2, 0.25) is 10.0 Å². The Morgan fingerprint density at radius 1 is 1.27 bits per heavy atom. The molecule has 1 fully saturated rings. The first-order valence-corrected chi connectivity index (χ1v) is 8.90. The molecule has 1 aliphatic rings. The van der Waals surface area contributed by atoms with Gasteiger partial charge in [0.15, 0.2) is 0 Å². The Labute approximate surface area is 132 Å². The van der Waals surface area contributed by atoms with Crippen LogP contribution in [0.4, 0.5) is 0 Å². The zero-order valence-corrected chi connectivity index (χ0v) is 14.2. The number of piperazine rings is 1. The zero-order valence-electron chi connectivity index (χ0n) is 13.4. The maximum atomic E-state index is 12.4. The number of hydrogen-bond donors (Lipinski definition) is 0. The second kappa shape index (κ2) is 7.41. The number of methoxy groups -OCH3 is 2. The van der Waals surface area contributed by atoms with Gasteiger partial charge in [0, 0.05) is 32.8 Å². The minimum atomic E-state index is -3.28. The molecule has 0 amide bonds. The first-order chi connectivity index (χ1) is 10.5. The van der Waals surface area contributed by atoms with E-state index in [1.54, 1.807) is 11.4 Å². The van der Waals surface area contributed by atoms with Gasteiger partial charge >= 0.3 is 0 Å². The molecule has 0 saturated carbocycles. The number of benzene rings is 1. The molecule has 1 aromatic rings. The topological polar surface area (TPSA) is 59.1 Å². The van der Waals surface area contributed by atoms with Crippen LogP contribution in [-0.4, -0.2) is 70.9 Å². The molecule has 0 radical (unpaired) electrons. The zero-order chi connectivity index (χ0) is 16.2. The van der Waals surface area contributed by atoms with E-state index in [-0.39, 0.29) is 18.4 Å². The van der Waals surface area contributed by atoms with E-state index in [9.17, 15) is 8.42 Å². The molecule has 0 bridgehead atoms. The second-order valence-electron chi connectivity index (χ2n) is 5.44. The van der Waals surface area contributed by atoms with Crippen molar-refractivity contribution >= 4 is 10.0 Å². The molecule has 1 atom stereocenters. The number of likely N-dealkylation sites (N-methyl/N-ethyl adjacent to an activating group) is 1. The van der Waals surface area contributed by atoms with Crippen LogP contribution in [0.15, 0.2) is 24.3 Å². The van der Waals surface area contributed by atoms with Crippen molar-refractivity contribution in [1.82, 2.24) is 9.21 Å². The SMILES string of the molecule is COCCS(=O)(=O)N1CCN(C)C(c2cccc(OC)c2)C1. The van der Waals surface area contributed by atoms with Crippen molar-refractivity contribution in [3.05, 3.63) is 29.8 Å². The monoisotopic (exact) mass is 328 g/mol. The predicted octanol–water partition coefficient (Wildman–Crippen LogP) is 0.960. The highest BCUT2D eigenvalue weighted by Gasteiger charge is 2.32. The van der Waals surface area contributed by atoms with Crippen LogP contribution in [0.5, 0.6) is 5.75 Å². The Balaban J connectivity index is 2.17.